The fraction of sp³-hybridized carbons (Fsp3) is 0.478. The average Bonchev–Trinajstić information content (AvgIpc) is 3.22. The smallest absolute Gasteiger partial charge is 0.0715 e. The summed E-state index contributed by atoms with van der Waals surface area (Å²) in [6, 6.07) is 27.4. The Hall–Kier alpha value is -1.38. The van der Waals surface area contributed by atoms with Crippen LogP contribution in [0.15, 0.2) is 60.7 Å². The first-order chi connectivity index (χ1) is 12.2. The average molecular weight is 352 g/mol. The molecule has 1 heterocycles. The zero-order chi connectivity index (χ0) is 17.8. The van der Waals surface area contributed by atoms with Gasteiger partial charge in [-0.3, -0.25) is 0 Å². The summed E-state index contributed by atoms with van der Waals surface area (Å²) in [5.74, 6) is 0. The molecule has 1 aliphatic rings. The molecule has 1 saturated heterocycles. The zero-order valence-corrected chi connectivity index (χ0v) is 17.1. The van der Waals surface area contributed by atoms with Crippen molar-refractivity contribution in [2.75, 3.05) is 6.54 Å². The van der Waals surface area contributed by atoms with Gasteiger partial charge in [-0.25, -0.2) is 0 Å². The van der Waals surface area contributed by atoms with Crippen LogP contribution >= 0.6 is 0 Å². The van der Waals surface area contributed by atoms with E-state index in [2.05, 4.69) is 86.8 Å². The summed E-state index contributed by atoms with van der Waals surface area (Å²) in [5.41, 5.74) is 3.08. The Morgan fingerprint density at radius 1 is 0.840 bits per heavy atom. The minimum absolute atomic E-state index is 0.157. The molecule has 1 aliphatic heterocycles. The second-order valence-corrected chi connectivity index (χ2v) is 13.0. The van der Waals surface area contributed by atoms with Crippen molar-refractivity contribution in [3.63, 3.8) is 0 Å². The number of nitrogens with one attached hydrogen (secondary N) is 1. The molecular formula is C23H33NSi. The van der Waals surface area contributed by atoms with Crippen LogP contribution in [0.1, 0.15) is 44.7 Å². The molecule has 0 spiro atoms. The fourth-order valence-electron chi connectivity index (χ4n) is 5.59. The Morgan fingerprint density at radius 2 is 1.32 bits per heavy atom. The Balaban J connectivity index is 2.35. The van der Waals surface area contributed by atoms with Gasteiger partial charge in [0, 0.05) is 11.1 Å². The number of benzene rings is 2. The normalized spacial score (nSPS) is 18.4. The van der Waals surface area contributed by atoms with Crippen LogP contribution in [0.2, 0.25) is 18.1 Å². The zero-order valence-electron chi connectivity index (χ0n) is 16.1. The van der Waals surface area contributed by atoms with Crippen molar-refractivity contribution in [3.8, 4) is 0 Å². The van der Waals surface area contributed by atoms with Crippen molar-refractivity contribution >= 4 is 8.07 Å². The molecular weight excluding hydrogens is 318 g/mol. The van der Waals surface area contributed by atoms with Crippen molar-refractivity contribution in [2.24, 2.45) is 0 Å². The summed E-state index contributed by atoms with van der Waals surface area (Å²) < 4.78 is 0. The van der Waals surface area contributed by atoms with Gasteiger partial charge in [-0.1, -0.05) is 99.6 Å². The summed E-state index contributed by atoms with van der Waals surface area (Å²) in [5, 5.41) is 4.09. The second kappa shape index (κ2) is 7.88. The molecule has 0 aromatic heterocycles. The largest absolute Gasteiger partial charge is 0.313 e. The highest BCUT2D eigenvalue weighted by Gasteiger charge is 2.56. The Labute approximate surface area is 154 Å². The quantitative estimate of drug-likeness (QED) is 0.624. The lowest BCUT2D eigenvalue weighted by Crippen LogP contribution is -2.64. The van der Waals surface area contributed by atoms with E-state index in [9.17, 15) is 0 Å². The third-order valence-electron chi connectivity index (χ3n) is 6.91. The third kappa shape index (κ3) is 2.90. The van der Waals surface area contributed by atoms with Gasteiger partial charge in [-0.2, -0.15) is 0 Å². The van der Waals surface area contributed by atoms with Crippen molar-refractivity contribution in [1.82, 2.24) is 5.32 Å². The maximum absolute atomic E-state index is 3.94. The number of hydrogen-bond donors (Lipinski definition) is 1. The highest BCUT2D eigenvalue weighted by molar-refractivity contribution is 6.83. The maximum atomic E-state index is 3.94. The van der Waals surface area contributed by atoms with E-state index in [1.54, 1.807) is 0 Å². The Bertz CT molecular complexity index is 595. The molecule has 1 fully saturated rings. The van der Waals surface area contributed by atoms with Crippen LogP contribution in [0, 0.1) is 0 Å². The van der Waals surface area contributed by atoms with Gasteiger partial charge >= 0.3 is 0 Å². The van der Waals surface area contributed by atoms with E-state index >= 15 is 0 Å². The SMILES string of the molecule is CC[Si](CC)(CC)C(c1ccccc1)(c1ccccc1)[C@@H]1CCCN1. The van der Waals surface area contributed by atoms with Crippen LogP contribution in [-0.2, 0) is 5.04 Å². The predicted octanol–water partition coefficient (Wildman–Crippen LogP) is 5.77. The van der Waals surface area contributed by atoms with Crippen LogP contribution in [0.3, 0.4) is 0 Å². The minimum Gasteiger partial charge on any atom is -0.313 e. The molecule has 0 amide bonds. The van der Waals surface area contributed by atoms with Gasteiger partial charge in [0.15, 0.2) is 0 Å². The summed E-state index contributed by atoms with van der Waals surface area (Å²) in [6.45, 7) is 8.52. The van der Waals surface area contributed by atoms with Crippen LogP contribution in [0.25, 0.3) is 0 Å². The molecule has 1 nitrogen and oxygen atoms in total. The molecule has 0 bridgehead atoms. The summed E-state index contributed by atoms with van der Waals surface area (Å²) in [4.78, 5) is 0. The molecule has 2 aromatic rings. The predicted molar refractivity (Wildman–Crippen MR) is 112 cm³/mol. The van der Waals surface area contributed by atoms with E-state index in [0.717, 1.165) is 6.54 Å². The lowest BCUT2D eigenvalue weighted by Gasteiger charge is -2.53. The van der Waals surface area contributed by atoms with Gasteiger partial charge in [0.25, 0.3) is 0 Å². The molecule has 25 heavy (non-hydrogen) atoms. The molecule has 0 radical (unpaired) electrons. The molecule has 3 rings (SSSR count). The number of hydrogen-bond acceptors (Lipinski definition) is 1. The molecule has 2 heteroatoms. The van der Waals surface area contributed by atoms with Gasteiger partial charge in [-0.15, -0.1) is 0 Å². The van der Waals surface area contributed by atoms with Gasteiger partial charge < -0.3 is 5.32 Å². The first kappa shape index (κ1) is 18.4. The lowest BCUT2D eigenvalue weighted by atomic mass is 9.83. The molecule has 134 valence electrons. The molecule has 1 N–H and O–H groups in total. The molecule has 0 saturated carbocycles. The molecule has 0 aliphatic carbocycles. The van der Waals surface area contributed by atoms with Gasteiger partial charge in [0.05, 0.1) is 8.07 Å². The van der Waals surface area contributed by atoms with Crippen LogP contribution in [0.4, 0.5) is 0 Å². The standard InChI is InChI=1S/C23H33NSi/c1-4-25(5-2,6-3)23(22-18-13-19-24-22,20-14-9-7-10-15-20)21-16-11-8-12-17-21/h7-12,14-17,22,24H,4-6,13,18-19H2,1-3H3/t22-/m0/s1. The molecule has 1 atom stereocenters. The van der Waals surface area contributed by atoms with Crippen molar-refractivity contribution in [2.45, 2.75) is 62.8 Å². The highest BCUT2D eigenvalue weighted by Crippen LogP contribution is 2.50. The molecule has 2 aromatic carbocycles. The minimum atomic E-state index is -1.61. The van der Waals surface area contributed by atoms with E-state index < -0.39 is 8.07 Å². The Kier molecular flexibility index (Phi) is 5.80. The van der Waals surface area contributed by atoms with E-state index in [-0.39, 0.29) is 5.04 Å². The Morgan fingerprint density at radius 3 is 1.68 bits per heavy atom. The summed E-state index contributed by atoms with van der Waals surface area (Å²) in [6.07, 6.45) is 2.59. The monoisotopic (exact) mass is 351 g/mol. The topological polar surface area (TPSA) is 12.0 Å². The van der Waals surface area contributed by atoms with Crippen molar-refractivity contribution < 1.29 is 0 Å². The van der Waals surface area contributed by atoms with Gasteiger partial charge in [0.1, 0.15) is 0 Å². The number of rotatable bonds is 7. The maximum Gasteiger partial charge on any atom is 0.0715 e. The first-order valence-corrected chi connectivity index (χ1v) is 12.7. The molecule has 0 unspecified atom stereocenters. The second-order valence-electron chi connectivity index (χ2n) is 7.53. The fourth-order valence-corrected chi connectivity index (χ4v) is 11.3. The summed E-state index contributed by atoms with van der Waals surface area (Å²) >= 11 is 0. The summed E-state index contributed by atoms with van der Waals surface area (Å²) in [7, 11) is -1.61. The first-order valence-electron chi connectivity index (χ1n) is 10.1. The van der Waals surface area contributed by atoms with E-state index in [4.69, 9.17) is 0 Å². The van der Waals surface area contributed by atoms with E-state index in [0.29, 0.717) is 6.04 Å². The lowest BCUT2D eigenvalue weighted by molar-refractivity contribution is 0.468. The highest BCUT2D eigenvalue weighted by atomic mass is 28.3. The van der Waals surface area contributed by atoms with Crippen molar-refractivity contribution in [1.29, 1.82) is 0 Å². The van der Waals surface area contributed by atoms with Crippen LogP contribution in [-0.4, -0.2) is 20.7 Å². The van der Waals surface area contributed by atoms with Gasteiger partial charge in [0.2, 0.25) is 0 Å². The van der Waals surface area contributed by atoms with Crippen LogP contribution < -0.4 is 5.32 Å². The van der Waals surface area contributed by atoms with Crippen LogP contribution in [0.5, 0.6) is 0 Å². The van der Waals surface area contributed by atoms with Crippen molar-refractivity contribution in [3.05, 3.63) is 71.8 Å². The van der Waals surface area contributed by atoms with E-state index in [1.807, 2.05) is 0 Å². The third-order valence-corrected chi connectivity index (χ3v) is 13.6. The van der Waals surface area contributed by atoms with E-state index in [1.165, 1.54) is 42.1 Å². The van der Waals surface area contributed by atoms with Gasteiger partial charge in [-0.05, 0) is 30.5 Å².